The molecule has 38 nitrogen and oxygen atoms in total. The van der Waals surface area contributed by atoms with Crippen molar-refractivity contribution in [2.75, 3.05) is 44.7 Å². The lowest BCUT2D eigenvalue weighted by atomic mass is 10.0. The van der Waals surface area contributed by atoms with Gasteiger partial charge in [-0.2, -0.15) is 5.10 Å². The SMILES string of the molecule is CC(=N)NCCC[C@@H]1NC(=O)[C@H](CCCCNC(=O)[C@H](CCC(=O)NCCCC[C@@H]2NC(=O)[C@@H](Cc3ccccc3)NC(=O)[C@H](CC(=O)O)NC(=O)CNC(=O)[C@H](CCCNC(=N)N)NC2=O)NC(=O)c2ccc(N/N=C/c3ccccc3C)nc2)NC(=O)[C@@H](Cc2ccccc2)NC(=O)[C@H](CC(=O)O)NC(=O)CNC1=O. The maximum atomic E-state index is 14.4. The van der Waals surface area contributed by atoms with Gasteiger partial charge in [0.05, 0.1) is 43.5 Å². The molecule has 0 radical (unpaired) electrons. The highest BCUT2D eigenvalue weighted by Gasteiger charge is 2.36. The Kier molecular flexibility index (Phi) is 36.5. The molecule has 22 N–H and O–H groups in total. The molecule has 3 aromatic carbocycles. The van der Waals surface area contributed by atoms with Gasteiger partial charge < -0.3 is 95.7 Å². The molecule has 0 bridgehead atoms. The highest BCUT2D eigenvalue weighted by molar-refractivity contribution is 6.01. The molecular weight excluding hydrogens is 1450 g/mol. The van der Waals surface area contributed by atoms with Crippen LogP contribution in [0.3, 0.4) is 0 Å². The second-order valence-electron chi connectivity index (χ2n) is 26.7. The fourth-order valence-corrected chi connectivity index (χ4v) is 11.7. The number of anilines is 1. The Morgan fingerprint density at radius 1 is 0.518 bits per heavy atom. The number of pyridine rings is 1. The molecule has 2 aliphatic rings. The number of unbranched alkanes of at least 4 members (excludes halogenated alkanes) is 2. The Labute approximate surface area is 645 Å². The van der Waals surface area contributed by atoms with E-state index in [-0.39, 0.29) is 139 Å². The number of amides is 13. The van der Waals surface area contributed by atoms with E-state index in [1.807, 2.05) is 31.2 Å². The smallest absolute Gasteiger partial charge is 0.305 e. The molecule has 0 saturated carbocycles. The van der Waals surface area contributed by atoms with Crippen molar-refractivity contribution < 1.29 is 82.1 Å². The molecule has 6 rings (SSSR count). The standard InChI is InChI=1S/C74H99N21O17/c1-43-17-9-10-22-47(43)40-85-95-58-29-27-48(39-82-58)64(103)88-53(65(104)80-32-14-12-24-52-69(108)89-49(25-15-33-78-44(2)75)66(105)83-41-60(97)86-56(37-62(99)100)73(112)94-55(71(110)92-52)36-46-20-7-4-8-21-46)28-30-59(96)79-31-13-11-23-51-68(107)90-50(26-16-34-81-74(76)77)67(106)84-42-61(98)87-57(38-63(101)102)72(111)93-54(70(109)91-51)35-45-18-5-3-6-19-45/h3-10,17-22,27,29,39-40,49-57H,11-16,23-26,28,30-38,41-42H2,1-2H3,(H2,75,78)(H,79,96)(H,80,104)(H,82,95)(H,83,105)(H,84,106)(H,86,97)(H,87,98)(H,88,103)(H,89,108)(H,90,107)(H,91,109)(H,92,110)(H,93,111)(H,94,112)(H,99,100)(H,101,102)(H4,76,77,81)/b85-40+/t49-,50-,51-,52-,53-,54+,55+,56-,57-/m0/s1. The van der Waals surface area contributed by atoms with Crippen molar-refractivity contribution in [1.82, 2.24) is 84.7 Å². The summed E-state index contributed by atoms with van der Waals surface area (Å²) in [5.41, 5.74) is 11.2. The van der Waals surface area contributed by atoms with Gasteiger partial charge in [-0.05, 0) is 119 Å². The third-order valence-electron chi connectivity index (χ3n) is 17.7. The third-order valence-corrected chi connectivity index (χ3v) is 17.7. The summed E-state index contributed by atoms with van der Waals surface area (Å²) in [6.07, 6.45) is 0.639. The van der Waals surface area contributed by atoms with Crippen molar-refractivity contribution in [1.29, 1.82) is 10.8 Å². The summed E-state index contributed by atoms with van der Waals surface area (Å²) < 4.78 is 0. The minimum absolute atomic E-state index is 0.0200. The molecule has 0 unspecified atom stereocenters. The van der Waals surface area contributed by atoms with E-state index in [1.165, 1.54) is 25.3 Å². The predicted octanol–water partition coefficient (Wildman–Crippen LogP) is -2.51. The number of amidine groups is 1. The fraction of sp³-hybridized carbons (Fsp3) is 0.446. The number of aromatic nitrogens is 1. The molecule has 1 aromatic heterocycles. The number of aryl methyl sites for hydroxylation is 1. The lowest BCUT2D eigenvalue weighted by Gasteiger charge is -2.26. The van der Waals surface area contributed by atoms with E-state index in [2.05, 4.69) is 95.3 Å². The van der Waals surface area contributed by atoms with E-state index >= 15 is 0 Å². The van der Waals surface area contributed by atoms with Crippen molar-refractivity contribution in [2.45, 2.75) is 171 Å². The van der Waals surface area contributed by atoms with Crippen LogP contribution in [0.1, 0.15) is 129 Å². The van der Waals surface area contributed by atoms with Gasteiger partial charge in [0, 0.05) is 51.6 Å². The number of nitrogens with zero attached hydrogens (tertiary/aromatic N) is 2. The van der Waals surface area contributed by atoms with Crippen LogP contribution in [0, 0.1) is 17.7 Å². The first-order valence-electron chi connectivity index (χ1n) is 36.6. The van der Waals surface area contributed by atoms with Gasteiger partial charge >= 0.3 is 11.9 Å². The van der Waals surface area contributed by atoms with Crippen molar-refractivity contribution in [3.8, 4) is 0 Å². The highest BCUT2D eigenvalue weighted by atomic mass is 16.4. The van der Waals surface area contributed by atoms with Gasteiger partial charge in [-0.25, -0.2) is 4.98 Å². The van der Waals surface area contributed by atoms with Crippen molar-refractivity contribution in [3.63, 3.8) is 0 Å². The predicted molar refractivity (Wildman–Crippen MR) is 407 cm³/mol. The largest absolute Gasteiger partial charge is 0.481 e. The van der Waals surface area contributed by atoms with Crippen molar-refractivity contribution >= 4 is 113 Å². The number of guanidine groups is 1. The molecule has 0 spiro atoms. The minimum atomic E-state index is -1.71. The number of carbonyl (C=O) groups excluding carboxylic acids is 13. The van der Waals surface area contributed by atoms with E-state index in [0.717, 1.165) is 11.1 Å². The van der Waals surface area contributed by atoms with Gasteiger partial charge in [0.2, 0.25) is 70.9 Å². The molecule has 2 aliphatic heterocycles. The van der Waals surface area contributed by atoms with Crippen LogP contribution in [0.15, 0.2) is 108 Å². The number of hydrogen-bond acceptors (Lipinski definition) is 20. The summed E-state index contributed by atoms with van der Waals surface area (Å²) in [7, 11) is 0. The molecular formula is C74H99N21O17. The summed E-state index contributed by atoms with van der Waals surface area (Å²) in [5, 5.41) is 77.6. The number of nitrogens with one attached hydrogen (secondary N) is 18. The Balaban J connectivity index is 1.18. The summed E-state index contributed by atoms with van der Waals surface area (Å²) in [5.74, 6) is -14.1. The number of carbonyl (C=O) groups is 15. The van der Waals surface area contributed by atoms with E-state index in [9.17, 15) is 82.1 Å². The van der Waals surface area contributed by atoms with Crippen molar-refractivity contribution in [2.24, 2.45) is 10.8 Å². The number of hydrogen-bond donors (Lipinski definition) is 21. The molecule has 38 heteroatoms. The zero-order chi connectivity index (χ0) is 81.5. The first-order valence-corrected chi connectivity index (χ1v) is 36.6. The number of hydrazone groups is 1. The summed E-state index contributed by atoms with van der Waals surface area (Å²) in [6, 6.07) is 14.1. The number of carboxylic acid groups (broad SMARTS) is 2. The summed E-state index contributed by atoms with van der Waals surface area (Å²) in [6.45, 7) is 2.13. The Morgan fingerprint density at radius 3 is 1.41 bits per heavy atom. The monoisotopic (exact) mass is 1550 g/mol. The lowest BCUT2D eigenvalue weighted by Crippen LogP contribution is -2.58. The Morgan fingerprint density at radius 2 is 0.946 bits per heavy atom. The van der Waals surface area contributed by atoms with Gasteiger partial charge in [-0.3, -0.25) is 88.2 Å². The molecule has 9 atom stereocenters. The zero-order valence-corrected chi connectivity index (χ0v) is 62.1. The van der Waals surface area contributed by atoms with Crippen LogP contribution < -0.4 is 90.9 Å². The molecule has 2 fully saturated rings. The zero-order valence-electron chi connectivity index (χ0n) is 62.1. The Hall–Kier alpha value is -12.9. The van der Waals surface area contributed by atoms with Gasteiger partial charge in [0.25, 0.3) is 5.91 Å². The number of nitrogens with two attached hydrogens (primary N) is 1. The van der Waals surface area contributed by atoms with E-state index in [0.29, 0.717) is 11.1 Å². The average Bonchev–Trinajstić information content (AvgIpc) is 1.52. The highest BCUT2D eigenvalue weighted by Crippen LogP contribution is 2.15. The van der Waals surface area contributed by atoms with Gasteiger partial charge in [-0.15, -0.1) is 0 Å². The topological polar surface area (TPSA) is 588 Å². The van der Waals surface area contributed by atoms with Crippen LogP contribution in [0.5, 0.6) is 0 Å². The van der Waals surface area contributed by atoms with E-state index < -0.39 is 169 Å². The van der Waals surface area contributed by atoms with Crippen LogP contribution in [-0.2, 0) is 80.0 Å². The van der Waals surface area contributed by atoms with E-state index in [4.69, 9.17) is 16.6 Å². The molecule has 0 aliphatic carbocycles. The van der Waals surface area contributed by atoms with Crippen LogP contribution >= 0.6 is 0 Å². The minimum Gasteiger partial charge on any atom is -0.481 e. The molecule has 2 saturated heterocycles. The second kappa shape index (κ2) is 46.4. The fourth-order valence-electron chi connectivity index (χ4n) is 11.7. The number of carboxylic acids is 2. The number of aliphatic carboxylic acids is 2. The maximum Gasteiger partial charge on any atom is 0.305 e. The maximum absolute atomic E-state index is 14.4. The second-order valence-corrected chi connectivity index (χ2v) is 26.7. The first kappa shape index (κ1) is 88.0. The van der Waals surface area contributed by atoms with Gasteiger partial charge in [0.15, 0.2) is 5.96 Å². The Bertz CT molecular complexity index is 4000. The number of benzene rings is 3. The molecule has 4 aromatic rings. The van der Waals surface area contributed by atoms with Crippen LogP contribution in [0.4, 0.5) is 5.82 Å². The first-order chi connectivity index (χ1) is 53.6. The van der Waals surface area contributed by atoms with Gasteiger partial charge in [0.1, 0.15) is 60.2 Å². The van der Waals surface area contributed by atoms with Crippen LogP contribution in [-0.4, -0.2) is 216 Å². The van der Waals surface area contributed by atoms with Gasteiger partial charge in [-0.1, -0.05) is 84.9 Å². The quantitative estimate of drug-likeness (QED) is 0.00979. The van der Waals surface area contributed by atoms with Crippen LogP contribution in [0.25, 0.3) is 0 Å². The van der Waals surface area contributed by atoms with Crippen LogP contribution in [0.2, 0.25) is 0 Å². The summed E-state index contributed by atoms with van der Waals surface area (Å²) in [4.78, 5) is 209. The molecule has 112 heavy (non-hydrogen) atoms. The van der Waals surface area contributed by atoms with Crippen molar-refractivity contribution in [3.05, 3.63) is 131 Å². The molecule has 602 valence electrons. The molecule has 13 amide bonds. The number of rotatable bonds is 35. The summed E-state index contributed by atoms with van der Waals surface area (Å²) >= 11 is 0. The van der Waals surface area contributed by atoms with E-state index in [1.54, 1.807) is 66.9 Å². The average molecular weight is 1550 g/mol. The molecule has 3 heterocycles. The third kappa shape index (κ3) is 32.1. The normalized spacial score (nSPS) is 19.9. The lowest BCUT2D eigenvalue weighted by molar-refractivity contribution is -0.141.